The Morgan fingerprint density at radius 2 is 2.00 bits per heavy atom. The molecule has 1 amide bonds. The Kier molecular flexibility index (Phi) is 4.50. The van der Waals surface area contributed by atoms with E-state index in [1.165, 1.54) is 0 Å². The summed E-state index contributed by atoms with van der Waals surface area (Å²) in [6, 6.07) is 13.1. The fraction of sp³-hybridized carbons (Fsp3) is 0.200. The lowest BCUT2D eigenvalue weighted by atomic mass is 10.2. The third kappa shape index (κ3) is 4.43. The zero-order valence-corrected chi connectivity index (χ0v) is 10.8. The average molecular weight is 256 g/mol. The Hall–Kier alpha value is -2.36. The van der Waals surface area contributed by atoms with E-state index >= 15 is 0 Å². The minimum Gasteiger partial charge on any atom is -0.484 e. The maximum absolute atomic E-state index is 11.6. The van der Waals surface area contributed by atoms with Gasteiger partial charge >= 0.3 is 0 Å². The molecule has 4 nitrogen and oxygen atoms in total. The monoisotopic (exact) mass is 256 g/mol. The fourth-order valence-corrected chi connectivity index (χ4v) is 1.52. The molecule has 19 heavy (non-hydrogen) atoms. The van der Waals surface area contributed by atoms with E-state index < -0.39 is 0 Å². The number of para-hydroxylation sites is 1. The number of aromatic nitrogens is 1. The SMILES string of the molecule is Cc1ccc(CNC(=O)COc2ccccc2)cn1. The van der Waals surface area contributed by atoms with Crippen LogP contribution < -0.4 is 10.1 Å². The van der Waals surface area contributed by atoms with Crippen molar-refractivity contribution in [1.29, 1.82) is 0 Å². The molecule has 0 aliphatic heterocycles. The number of nitrogens with one attached hydrogen (secondary N) is 1. The van der Waals surface area contributed by atoms with Crippen LogP contribution in [0.1, 0.15) is 11.3 Å². The van der Waals surface area contributed by atoms with Crippen LogP contribution in [-0.2, 0) is 11.3 Å². The van der Waals surface area contributed by atoms with Gasteiger partial charge in [0, 0.05) is 18.4 Å². The quantitative estimate of drug-likeness (QED) is 0.891. The Balaban J connectivity index is 1.74. The Morgan fingerprint density at radius 3 is 2.68 bits per heavy atom. The number of nitrogens with zero attached hydrogens (tertiary/aromatic N) is 1. The average Bonchev–Trinajstić information content (AvgIpc) is 2.45. The number of carbonyl (C=O) groups excluding carboxylic acids is 1. The lowest BCUT2D eigenvalue weighted by Gasteiger charge is -2.07. The van der Waals surface area contributed by atoms with Gasteiger partial charge in [-0.2, -0.15) is 0 Å². The first-order valence-corrected chi connectivity index (χ1v) is 6.10. The molecular weight excluding hydrogens is 240 g/mol. The molecule has 2 rings (SSSR count). The molecule has 0 fully saturated rings. The number of hydrogen-bond donors (Lipinski definition) is 1. The second kappa shape index (κ2) is 6.54. The van der Waals surface area contributed by atoms with E-state index in [2.05, 4.69) is 10.3 Å². The van der Waals surface area contributed by atoms with Crippen LogP contribution in [0.4, 0.5) is 0 Å². The normalized spacial score (nSPS) is 9.95. The molecule has 1 aromatic carbocycles. The van der Waals surface area contributed by atoms with Crippen molar-refractivity contribution in [2.45, 2.75) is 13.5 Å². The fourth-order valence-electron chi connectivity index (χ4n) is 1.52. The van der Waals surface area contributed by atoms with Crippen molar-refractivity contribution in [3.8, 4) is 5.75 Å². The van der Waals surface area contributed by atoms with Crippen LogP contribution in [0.15, 0.2) is 48.7 Å². The van der Waals surface area contributed by atoms with Crippen LogP contribution >= 0.6 is 0 Å². The Labute approximate surface area is 112 Å². The number of amides is 1. The molecule has 4 heteroatoms. The van der Waals surface area contributed by atoms with Gasteiger partial charge in [-0.3, -0.25) is 9.78 Å². The maximum Gasteiger partial charge on any atom is 0.258 e. The summed E-state index contributed by atoms with van der Waals surface area (Å²) in [5.41, 5.74) is 1.93. The van der Waals surface area contributed by atoms with Crippen LogP contribution in [0.25, 0.3) is 0 Å². The van der Waals surface area contributed by atoms with Crippen LogP contribution in [0.5, 0.6) is 5.75 Å². The molecule has 0 atom stereocenters. The molecule has 0 aliphatic carbocycles. The first-order valence-electron chi connectivity index (χ1n) is 6.10. The summed E-state index contributed by atoms with van der Waals surface area (Å²) in [6.45, 7) is 2.41. The number of pyridine rings is 1. The third-order valence-corrected chi connectivity index (χ3v) is 2.58. The number of benzene rings is 1. The number of aryl methyl sites for hydroxylation is 1. The van der Waals surface area contributed by atoms with Crippen LogP contribution in [0.2, 0.25) is 0 Å². The van der Waals surface area contributed by atoms with Crippen LogP contribution in [0, 0.1) is 6.92 Å². The van der Waals surface area contributed by atoms with Crippen molar-refractivity contribution in [3.05, 3.63) is 59.9 Å². The molecule has 2 aromatic rings. The van der Waals surface area contributed by atoms with E-state index in [1.54, 1.807) is 6.20 Å². The van der Waals surface area contributed by atoms with Gasteiger partial charge in [-0.05, 0) is 30.7 Å². The zero-order chi connectivity index (χ0) is 13.5. The van der Waals surface area contributed by atoms with Crippen molar-refractivity contribution >= 4 is 5.91 Å². The molecule has 1 N–H and O–H groups in total. The number of rotatable bonds is 5. The first-order chi connectivity index (χ1) is 9.24. The topological polar surface area (TPSA) is 51.2 Å². The van der Waals surface area contributed by atoms with E-state index in [0.717, 1.165) is 11.3 Å². The van der Waals surface area contributed by atoms with Gasteiger partial charge in [-0.25, -0.2) is 0 Å². The van der Waals surface area contributed by atoms with Crippen LogP contribution in [-0.4, -0.2) is 17.5 Å². The minimum atomic E-state index is -0.149. The van der Waals surface area contributed by atoms with E-state index in [4.69, 9.17) is 4.74 Å². The molecule has 0 unspecified atom stereocenters. The highest BCUT2D eigenvalue weighted by molar-refractivity contribution is 5.77. The summed E-state index contributed by atoms with van der Waals surface area (Å²) in [4.78, 5) is 15.8. The summed E-state index contributed by atoms with van der Waals surface area (Å²) in [7, 11) is 0. The van der Waals surface area contributed by atoms with Crippen molar-refractivity contribution < 1.29 is 9.53 Å². The van der Waals surface area contributed by atoms with Crippen molar-refractivity contribution in [2.75, 3.05) is 6.61 Å². The van der Waals surface area contributed by atoms with Gasteiger partial charge in [0.15, 0.2) is 6.61 Å². The minimum absolute atomic E-state index is 0.0172. The standard InChI is InChI=1S/C15H16N2O2/c1-12-7-8-13(9-16-12)10-17-15(18)11-19-14-5-3-2-4-6-14/h2-9H,10-11H2,1H3,(H,17,18). The highest BCUT2D eigenvalue weighted by Gasteiger charge is 2.02. The summed E-state index contributed by atoms with van der Waals surface area (Å²) >= 11 is 0. The maximum atomic E-state index is 11.6. The summed E-state index contributed by atoms with van der Waals surface area (Å²) in [5.74, 6) is 0.541. The molecule has 0 spiro atoms. The molecule has 1 aromatic heterocycles. The molecule has 0 aliphatic rings. The predicted octanol–water partition coefficient (Wildman–Crippen LogP) is 2.09. The molecule has 98 valence electrons. The van der Waals surface area contributed by atoms with Gasteiger partial charge < -0.3 is 10.1 Å². The Morgan fingerprint density at radius 1 is 1.21 bits per heavy atom. The van der Waals surface area contributed by atoms with E-state index in [-0.39, 0.29) is 12.5 Å². The van der Waals surface area contributed by atoms with Gasteiger partial charge in [-0.1, -0.05) is 24.3 Å². The van der Waals surface area contributed by atoms with Gasteiger partial charge in [-0.15, -0.1) is 0 Å². The van der Waals surface area contributed by atoms with Crippen LogP contribution in [0.3, 0.4) is 0 Å². The number of carbonyl (C=O) groups is 1. The largest absolute Gasteiger partial charge is 0.484 e. The smallest absolute Gasteiger partial charge is 0.258 e. The van der Waals surface area contributed by atoms with Gasteiger partial charge in [0.25, 0.3) is 5.91 Å². The van der Waals surface area contributed by atoms with Crippen molar-refractivity contribution in [2.24, 2.45) is 0 Å². The van der Waals surface area contributed by atoms with E-state index in [0.29, 0.717) is 12.3 Å². The molecule has 0 bridgehead atoms. The second-order valence-electron chi connectivity index (χ2n) is 4.19. The summed E-state index contributed by atoms with van der Waals surface area (Å²) in [6.07, 6.45) is 1.76. The number of ether oxygens (including phenoxy) is 1. The molecule has 1 heterocycles. The summed E-state index contributed by atoms with van der Waals surface area (Å²) in [5, 5.41) is 2.78. The highest BCUT2D eigenvalue weighted by Crippen LogP contribution is 2.07. The van der Waals surface area contributed by atoms with Gasteiger partial charge in [0.2, 0.25) is 0 Å². The van der Waals surface area contributed by atoms with E-state index in [9.17, 15) is 4.79 Å². The number of hydrogen-bond acceptors (Lipinski definition) is 3. The van der Waals surface area contributed by atoms with E-state index in [1.807, 2.05) is 49.4 Å². The molecule has 0 saturated heterocycles. The predicted molar refractivity (Wildman–Crippen MR) is 72.8 cm³/mol. The first kappa shape index (κ1) is 13.1. The lowest BCUT2D eigenvalue weighted by molar-refractivity contribution is -0.123. The molecule has 0 saturated carbocycles. The van der Waals surface area contributed by atoms with Gasteiger partial charge in [0.05, 0.1) is 0 Å². The Bertz CT molecular complexity index is 524. The van der Waals surface area contributed by atoms with Crippen molar-refractivity contribution in [1.82, 2.24) is 10.3 Å². The second-order valence-corrected chi connectivity index (χ2v) is 4.19. The van der Waals surface area contributed by atoms with Crippen molar-refractivity contribution in [3.63, 3.8) is 0 Å². The zero-order valence-electron chi connectivity index (χ0n) is 10.8. The third-order valence-electron chi connectivity index (χ3n) is 2.58. The molecule has 0 radical (unpaired) electrons. The summed E-state index contributed by atoms with van der Waals surface area (Å²) < 4.78 is 5.35. The molecular formula is C15H16N2O2. The highest BCUT2D eigenvalue weighted by atomic mass is 16.5. The lowest BCUT2D eigenvalue weighted by Crippen LogP contribution is -2.28. The van der Waals surface area contributed by atoms with Gasteiger partial charge in [0.1, 0.15) is 5.75 Å².